The van der Waals surface area contributed by atoms with Crippen molar-refractivity contribution in [3.05, 3.63) is 58.6 Å². The molecule has 0 spiro atoms. The van der Waals surface area contributed by atoms with E-state index in [0.29, 0.717) is 19.3 Å². The lowest BCUT2D eigenvalue weighted by Crippen LogP contribution is -2.60. The first-order valence-electron chi connectivity index (χ1n) is 25.1. The van der Waals surface area contributed by atoms with Gasteiger partial charge in [-0.05, 0) is 46.0 Å². The highest BCUT2D eigenvalue weighted by Crippen LogP contribution is 2.38. The Hall–Kier alpha value is -4.99. The predicted octanol–water partition coefficient (Wildman–Crippen LogP) is -3.46. The third kappa shape index (κ3) is 15.5. The van der Waals surface area contributed by atoms with Crippen LogP contribution in [0.5, 0.6) is 0 Å². The van der Waals surface area contributed by atoms with E-state index >= 15 is 0 Å². The Kier molecular flexibility index (Phi) is 24.1. The number of esters is 5. The number of aliphatic hydroxyl groups excluding tert-OH is 11. The third-order valence-corrected chi connectivity index (χ3v) is 13.8. The zero-order chi connectivity index (χ0) is 57.7. The molecule has 3 fully saturated rings. The molecular weight excluding hydrogens is 1050 g/mol. The van der Waals surface area contributed by atoms with Crippen molar-refractivity contribution in [3.8, 4) is 0 Å². The molecule has 78 heavy (non-hydrogen) atoms. The molecule has 5 aliphatic heterocycles. The molecule has 28 heteroatoms. The molecule has 0 aromatic carbocycles. The lowest BCUT2D eigenvalue weighted by Gasteiger charge is -2.42. The number of hydrogen-bond acceptors (Lipinski definition) is 28. The van der Waals surface area contributed by atoms with Crippen molar-refractivity contribution in [2.45, 2.75) is 164 Å². The largest absolute Gasteiger partial charge is 0.468 e. The Morgan fingerprint density at radius 2 is 1.01 bits per heavy atom. The van der Waals surface area contributed by atoms with E-state index in [0.717, 1.165) is 26.7 Å². The fourth-order valence-corrected chi connectivity index (χ4v) is 9.01. The number of allylic oxidation sites excluding steroid dienone is 3. The van der Waals surface area contributed by atoms with E-state index in [1.54, 1.807) is 13.0 Å². The quantitative estimate of drug-likeness (QED) is 0.0217. The molecule has 28 nitrogen and oxygen atoms in total. The van der Waals surface area contributed by atoms with Crippen molar-refractivity contribution in [2.24, 2.45) is 17.8 Å². The van der Waals surface area contributed by atoms with Gasteiger partial charge in [0, 0.05) is 28.6 Å². The van der Waals surface area contributed by atoms with Gasteiger partial charge in [-0.15, -0.1) is 0 Å². The highest BCUT2D eigenvalue weighted by molar-refractivity contribution is 5.91. The maximum atomic E-state index is 13.4. The van der Waals surface area contributed by atoms with Gasteiger partial charge < -0.3 is 113 Å². The highest BCUT2D eigenvalue weighted by atomic mass is 16.8. The Morgan fingerprint density at radius 1 is 0.590 bits per heavy atom. The van der Waals surface area contributed by atoms with E-state index in [9.17, 15) is 80.1 Å². The van der Waals surface area contributed by atoms with Crippen molar-refractivity contribution in [1.82, 2.24) is 0 Å². The summed E-state index contributed by atoms with van der Waals surface area (Å²) in [7, 11) is 2.21. The van der Waals surface area contributed by atoms with E-state index in [2.05, 4.69) is 0 Å². The average molecular weight is 1120 g/mol. The monoisotopic (exact) mass is 1120 g/mol. The first kappa shape index (κ1) is 63.8. The van der Waals surface area contributed by atoms with Crippen molar-refractivity contribution < 1.29 is 137 Å². The molecule has 0 saturated carbocycles. The molecule has 0 aromatic heterocycles. The molecule has 3 saturated heterocycles. The second kappa shape index (κ2) is 29.5. The van der Waals surface area contributed by atoms with Gasteiger partial charge in [-0.2, -0.15) is 0 Å². The minimum absolute atomic E-state index is 0.0370. The zero-order valence-electron chi connectivity index (χ0n) is 43.7. The van der Waals surface area contributed by atoms with Crippen molar-refractivity contribution in [1.29, 1.82) is 0 Å². The van der Waals surface area contributed by atoms with Crippen LogP contribution in [-0.2, 0) is 80.8 Å². The first-order valence-corrected chi connectivity index (χ1v) is 25.1. The predicted molar refractivity (Wildman–Crippen MR) is 255 cm³/mol. The number of methoxy groups -OCH3 is 2. The summed E-state index contributed by atoms with van der Waals surface area (Å²) in [6.45, 7) is 4.14. The molecule has 5 aliphatic rings. The van der Waals surface area contributed by atoms with Gasteiger partial charge in [-0.3, -0.25) is 9.59 Å². The summed E-state index contributed by atoms with van der Waals surface area (Å²) < 4.78 is 65.1. The van der Waals surface area contributed by atoms with E-state index < -0.39 is 173 Å². The number of aliphatic hydroxyl groups is 11. The van der Waals surface area contributed by atoms with Crippen molar-refractivity contribution in [2.75, 3.05) is 40.6 Å². The lowest BCUT2D eigenvalue weighted by atomic mass is 9.86. The van der Waals surface area contributed by atoms with Crippen LogP contribution >= 0.6 is 0 Å². The molecule has 20 atom stereocenters. The molecule has 0 amide bonds. The van der Waals surface area contributed by atoms with Crippen LogP contribution in [0.25, 0.3) is 0 Å². The molecule has 440 valence electrons. The zero-order valence-corrected chi connectivity index (χ0v) is 43.7. The molecular formula is C50H72O28. The van der Waals surface area contributed by atoms with Gasteiger partial charge in [0.15, 0.2) is 12.6 Å². The van der Waals surface area contributed by atoms with E-state index in [4.69, 9.17) is 56.8 Å². The van der Waals surface area contributed by atoms with Crippen molar-refractivity contribution in [3.63, 3.8) is 0 Å². The molecule has 5 rings (SSSR count). The molecule has 0 radical (unpaired) electrons. The molecule has 0 aliphatic carbocycles. The topological polar surface area (TPSA) is 419 Å². The Bertz CT molecular complexity index is 2210. The summed E-state index contributed by atoms with van der Waals surface area (Å²) in [6, 6.07) is 0. The number of carbonyl (C=O) groups excluding carboxylic acids is 5. The molecule has 0 bridgehead atoms. The molecule has 0 aromatic rings. The Morgan fingerprint density at radius 3 is 1.45 bits per heavy atom. The fraction of sp³-hybridized carbons (Fsp3) is 0.700. The fourth-order valence-electron chi connectivity index (χ4n) is 9.01. The summed E-state index contributed by atoms with van der Waals surface area (Å²) in [5.74, 6) is -6.60. The standard InChI is InChI=1S/C50H72O28/c1-7-23-25(27(44(65)67-5)18-71-46(23)77-49-41(62)37(58)34(55)29(16-51)73-49)14-32(53)69-13-12-21(3)10-9-11-22(4)43(64)76-48-40(61)39(60)36(57)31(75-48)20-70-33(54)15-26-24(8-2)47(72-19-28(26)45(66)68-6)78-50-42(63)38(59)35(56)30(17-52)74-50/h7-8,11,18-19,21,25-26,29-31,34-42,46-52,55-63H,9-10,12-17,20H2,1-6H3/b22-11+,23-7+,24-8+/t21?,25-,26-,29+,30+,31+,34+,35+,36+,37-,38-,39-,40+,41+,42+,46-,47-,48-,49-,50-/m0/s1. The lowest BCUT2D eigenvalue weighted by molar-refractivity contribution is -0.327. The van der Waals surface area contributed by atoms with Gasteiger partial charge >= 0.3 is 29.8 Å². The average Bonchev–Trinajstić information content (AvgIpc) is 3.43. The molecule has 5 heterocycles. The van der Waals surface area contributed by atoms with E-state index in [1.807, 2.05) is 6.92 Å². The summed E-state index contributed by atoms with van der Waals surface area (Å²) in [6.07, 6.45) is -21.5. The second-order valence-corrected chi connectivity index (χ2v) is 19.0. The van der Waals surface area contributed by atoms with Crippen LogP contribution in [0.2, 0.25) is 0 Å². The van der Waals surface area contributed by atoms with Crippen LogP contribution < -0.4 is 0 Å². The second-order valence-electron chi connectivity index (χ2n) is 19.0. The van der Waals surface area contributed by atoms with Crippen LogP contribution in [0.1, 0.15) is 59.8 Å². The number of carbonyl (C=O) groups is 5. The highest BCUT2D eigenvalue weighted by Gasteiger charge is 2.50. The van der Waals surface area contributed by atoms with Crippen molar-refractivity contribution >= 4 is 29.8 Å². The summed E-state index contributed by atoms with van der Waals surface area (Å²) in [5.41, 5.74) is 0.225. The first-order chi connectivity index (χ1) is 37.0. The number of hydrogen-bond donors (Lipinski definition) is 11. The Balaban J connectivity index is 1.10. The summed E-state index contributed by atoms with van der Waals surface area (Å²) in [5, 5.41) is 113. The summed E-state index contributed by atoms with van der Waals surface area (Å²) in [4.78, 5) is 65.2. The van der Waals surface area contributed by atoms with Crippen LogP contribution in [0.4, 0.5) is 0 Å². The minimum Gasteiger partial charge on any atom is -0.468 e. The van der Waals surface area contributed by atoms with Crippen LogP contribution in [-0.4, -0.2) is 231 Å². The van der Waals surface area contributed by atoms with Gasteiger partial charge in [-0.25, -0.2) is 14.4 Å². The van der Waals surface area contributed by atoms with Gasteiger partial charge in [0.25, 0.3) is 0 Å². The van der Waals surface area contributed by atoms with Crippen LogP contribution in [0.3, 0.4) is 0 Å². The van der Waals surface area contributed by atoms with Gasteiger partial charge in [0.05, 0.1) is 70.6 Å². The third-order valence-electron chi connectivity index (χ3n) is 13.8. The molecule has 1 unspecified atom stereocenters. The normalized spacial score (nSPS) is 36.7. The van der Waals surface area contributed by atoms with E-state index in [-0.39, 0.29) is 46.8 Å². The van der Waals surface area contributed by atoms with Gasteiger partial charge in [0.2, 0.25) is 18.9 Å². The number of ether oxygens (including phenoxy) is 12. The van der Waals surface area contributed by atoms with Gasteiger partial charge in [-0.1, -0.05) is 25.2 Å². The number of rotatable bonds is 22. The summed E-state index contributed by atoms with van der Waals surface area (Å²) >= 11 is 0. The SMILES string of the molecule is C/C=C1/[C@H](O[C@@H]2O[C@H](CO)[C@@H](O)[C@H](O)[C@H]2O)OC=C(C(=O)OC)[C@H]1CC(=O)OCCC(C)CC/C=C(\C)C(=O)O[C@@H]1O[C@H](COC(=O)C[C@@H]2C(C(=O)OC)=CO[C@@H](O[C@@H]3O[C@H](CO)[C@@H](O)[C@H](O)[C@H]3O)/C2=C/C)[C@@H](O)[C@H](O)[C@H]1O. The maximum Gasteiger partial charge on any atom is 0.337 e. The van der Waals surface area contributed by atoms with E-state index in [1.165, 1.54) is 26.0 Å². The smallest absolute Gasteiger partial charge is 0.337 e. The van der Waals surface area contributed by atoms with Gasteiger partial charge in [0.1, 0.15) is 79.9 Å². The van der Waals surface area contributed by atoms with Crippen LogP contribution in [0, 0.1) is 17.8 Å². The van der Waals surface area contributed by atoms with Crippen LogP contribution in [0.15, 0.2) is 58.6 Å². The molecule has 11 N–H and O–H groups in total. The Labute approximate surface area is 447 Å². The minimum atomic E-state index is -1.94. The maximum absolute atomic E-state index is 13.4.